The average molecular weight is 189 g/mol. The zero-order chi connectivity index (χ0) is 9.80. The Morgan fingerprint density at radius 2 is 1.86 bits per heavy atom. The van der Waals surface area contributed by atoms with Crippen LogP contribution >= 0.6 is 0 Å². The maximum absolute atomic E-state index is 5.51. The number of hydrogen-bond donors (Lipinski definition) is 1. The molecule has 2 N–H and O–H groups in total. The fourth-order valence-electron chi connectivity index (χ4n) is 2.25. The molecule has 0 spiro atoms. The van der Waals surface area contributed by atoms with E-state index in [-0.39, 0.29) is 0 Å². The standard InChI is InChI=1S/C13H19N/c14-9-3-4-11-7-8-12-5-1-2-6-13(12)10-11/h7-8,10H,1-6,9,14H2. The van der Waals surface area contributed by atoms with Gasteiger partial charge in [-0.2, -0.15) is 0 Å². The van der Waals surface area contributed by atoms with Crippen molar-refractivity contribution in [2.45, 2.75) is 38.5 Å². The molecule has 0 aliphatic heterocycles. The maximum Gasteiger partial charge on any atom is -0.00741 e. The topological polar surface area (TPSA) is 26.0 Å². The molecule has 1 heteroatoms. The largest absolute Gasteiger partial charge is 0.330 e. The molecule has 0 amide bonds. The lowest BCUT2D eigenvalue weighted by atomic mass is 9.90. The summed E-state index contributed by atoms with van der Waals surface area (Å²) >= 11 is 0. The Labute approximate surface area is 86.3 Å². The van der Waals surface area contributed by atoms with E-state index in [0.29, 0.717) is 0 Å². The van der Waals surface area contributed by atoms with Crippen LogP contribution in [0.3, 0.4) is 0 Å². The lowest BCUT2D eigenvalue weighted by molar-refractivity contribution is 0.683. The molecule has 0 heterocycles. The molecule has 0 fully saturated rings. The van der Waals surface area contributed by atoms with E-state index >= 15 is 0 Å². The number of hydrogen-bond acceptors (Lipinski definition) is 1. The second-order valence-electron chi connectivity index (χ2n) is 4.20. The van der Waals surface area contributed by atoms with Gasteiger partial charge in [-0.1, -0.05) is 18.2 Å². The molecular weight excluding hydrogens is 170 g/mol. The fraction of sp³-hybridized carbons (Fsp3) is 0.538. The molecule has 0 aromatic heterocycles. The third kappa shape index (κ3) is 2.16. The van der Waals surface area contributed by atoms with E-state index < -0.39 is 0 Å². The van der Waals surface area contributed by atoms with Crippen LogP contribution < -0.4 is 5.73 Å². The van der Waals surface area contributed by atoms with Crippen LogP contribution in [-0.4, -0.2) is 6.54 Å². The Hall–Kier alpha value is -0.820. The zero-order valence-electron chi connectivity index (χ0n) is 8.76. The highest BCUT2D eigenvalue weighted by atomic mass is 14.5. The van der Waals surface area contributed by atoms with Gasteiger partial charge in [0.05, 0.1) is 0 Å². The van der Waals surface area contributed by atoms with E-state index in [1.807, 2.05) is 0 Å². The smallest absolute Gasteiger partial charge is 0.00741 e. The molecule has 1 aliphatic carbocycles. The SMILES string of the molecule is NCCCc1ccc2c(c1)CCCC2. The van der Waals surface area contributed by atoms with E-state index in [0.717, 1.165) is 19.4 Å². The van der Waals surface area contributed by atoms with Gasteiger partial charge in [-0.3, -0.25) is 0 Å². The first-order valence-corrected chi connectivity index (χ1v) is 5.71. The molecule has 0 atom stereocenters. The Bertz CT molecular complexity index is 304. The van der Waals surface area contributed by atoms with Crippen molar-refractivity contribution >= 4 is 0 Å². The van der Waals surface area contributed by atoms with Gasteiger partial charge >= 0.3 is 0 Å². The van der Waals surface area contributed by atoms with E-state index in [2.05, 4.69) is 18.2 Å². The lowest BCUT2D eigenvalue weighted by Gasteiger charge is -2.16. The highest BCUT2D eigenvalue weighted by Gasteiger charge is 2.08. The second kappa shape index (κ2) is 4.61. The summed E-state index contributed by atoms with van der Waals surface area (Å²) in [4.78, 5) is 0. The Kier molecular flexibility index (Phi) is 3.20. The summed E-state index contributed by atoms with van der Waals surface area (Å²) < 4.78 is 0. The molecule has 1 aliphatic rings. The molecule has 76 valence electrons. The second-order valence-corrected chi connectivity index (χ2v) is 4.20. The van der Waals surface area contributed by atoms with Crippen molar-refractivity contribution in [1.82, 2.24) is 0 Å². The van der Waals surface area contributed by atoms with Crippen LogP contribution in [-0.2, 0) is 19.3 Å². The Balaban J connectivity index is 2.12. The number of nitrogens with two attached hydrogens (primary N) is 1. The monoisotopic (exact) mass is 189 g/mol. The molecule has 1 aromatic carbocycles. The van der Waals surface area contributed by atoms with Crippen molar-refractivity contribution in [3.8, 4) is 0 Å². The maximum atomic E-state index is 5.51. The normalized spacial score (nSPS) is 15.2. The lowest BCUT2D eigenvalue weighted by Crippen LogP contribution is -2.04. The summed E-state index contributed by atoms with van der Waals surface area (Å²) in [5.41, 5.74) is 10.1. The highest BCUT2D eigenvalue weighted by molar-refractivity contribution is 5.33. The van der Waals surface area contributed by atoms with Crippen LogP contribution in [0.25, 0.3) is 0 Å². The predicted molar refractivity (Wildman–Crippen MR) is 60.5 cm³/mol. The molecule has 0 saturated heterocycles. The zero-order valence-corrected chi connectivity index (χ0v) is 8.76. The summed E-state index contributed by atoms with van der Waals surface area (Å²) in [6, 6.07) is 6.99. The van der Waals surface area contributed by atoms with Crippen molar-refractivity contribution in [2.75, 3.05) is 6.54 Å². The summed E-state index contributed by atoms with van der Waals surface area (Å²) in [5, 5.41) is 0. The van der Waals surface area contributed by atoms with Gasteiger partial charge in [0.15, 0.2) is 0 Å². The van der Waals surface area contributed by atoms with Gasteiger partial charge in [0.25, 0.3) is 0 Å². The quantitative estimate of drug-likeness (QED) is 0.776. The Morgan fingerprint density at radius 1 is 1.07 bits per heavy atom. The Morgan fingerprint density at radius 3 is 2.64 bits per heavy atom. The molecule has 0 radical (unpaired) electrons. The van der Waals surface area contributed by atoms with Gasteiger partial charge in [0, 0.05) is 0 Å². The van der Waals surface area contributed by atoms with Crippen LogP contribution in [0.2, 0.25) is 0 Å². The molecule has 0 bridgehead atoms. The first-order chi connectivity index (χ1) is 6.90. The highest BCUT2D eigenvalue weighted by Crippen LogP contribution is 2.22. The number of benzene rings is 1. The molecule has 1 aromatic rings. The van der Waals surface area contributed by atoms with Crippen LogP contribution in [0, 0.1) is 0 Å². The summed E-state index contributed by atoms with van der Waals surface area (Å²) in [6.45, 7) is 0.803. The van der Waals surface area contributed by atoms with Gasteiger partial charge in [0.1, 0.15) is 0 Å². The van der Waals surface area contributed by atoms with Crippen LogP contribution in [0.15, 0.2) is 18.2 Å². The van der Waals surface area contributed by atoms with Gasteiger partial charge in [-0.05, 0) is 61.8 Å². The third-order valence-corrected chi connectivity index (χ3v) is 3.08. The van der Waals surface area contributed by atoms with Gasteiger partial charge in [-0.25, -0.2) is 0 Å². The number of aryl methyl sites for hydroxylation is 3. The van der Waals surface area contributed by atoms with Crippen molar-refractivity contribution in [3.05, 3.63) is 34.9 Å². The number of fused-ring (bicyclic) bond motifs is 1. The molecular formula is C13H19N. The van der Waals surface area contributed by atoms with E-state index in [9.17, 15) is 0 Å². The number of rotatable bonds is 3. The van der Waals surface area contributed by atoms with Gasteiger partial charge < -0.3 is 5.73 Å². The van der Waals surface area contributed by atoms with Crippen LogP contribution in [0.1, 0.15) is 36.0 Å². The van der Waals surface area contributed by atoms with Crippen molar-refractivity contribution in [3.63, 3.8) is 0 Å². The van der Waals surface area contributed by atoms with Crippen molar-refractivity contribution in [1.29, 1.82) is 0 Å². The van der Waals surface area contributed by atoms with E-state index in [4.69, 9.17) is 5.73 Å². The van der Waals surface area contributed by atoms with Gasteiger partial charge in [-0.15, -0.1) is 0 Å². The first kappa shape index (κ1) is 9.72. The molecule has 14 heavy (non-hydrogen) atoms. The average Bonchev–Trinajstić information content (AvgIpc) is 2.26. The van der Waals surface area contributed by atoms with Gasteiger partial charge in [0.2, 0.25) is 0 Å². The van der Waals surface area contributed by atoms with E-state index in [1.54, 1.807) is 11.1 Å². The van der Waals surface area contributed by atoms with Crippen LogP contribution in [0.4, 0.5) is 0 Å². The summed E-state index contributed by atoms with van der Waals surface area (Å²) in [6.07, 6.45) is 7.56. The van der Waals surface area contributed by atoms with E-state index in [1.165, 1.54) is 31.2 Å². The molecule has 0 saturated carbocycles. The minimum absolute atomic E-state index is 0.803. The summed E-state index contributed by atoms with van der Waals surface area (Å²) in [7, 11) is 0. The minimum Gasteiger partial charge on any atom is -0.330 e. The molecule has 2 rings (SSSR count). The van der Waals surface area contributed by atoms with Crippen LogP contribution in [0.5, 0.6) is 0 Å². The first-order valence-electron chi connectivity index (χ1n) is 5.71. The predicted octanol–water partition coefficient (Wildman–Crippen LogP) is 2.46. The third-order valence-electron chi connectivity index (χ3n) is 3.08. The summed E-state index contributed by atoms with van der Waals surface area (Å²) in [5.74, 6) is 0. The van der Waals surface area contributed by atoms with Crippen molar-refractivity contribution in [2.24, 2.45) is 5.73 Å². The molecule has 0 unspecified atom stereocenters. The fourth-order valence-corrected chi connectivity index (χ4v) is 2.25. The molecule has 1 nitrogen and oxygen atoms in total. The van der Waals surface area contributed by atoms with Crippen molar-refractivity contribution < 1.29 is 0 Å². The minimum atomic E-state index is 0.803.